The average molecular weight is 392 g/mol. The predicted octanol–water partition coefficient (Wildman–Crippen LogP) is 3.78. The molecule has 8 heteroatoms. The lowest BCUT2D eigenvalue weighted by Gasteiger charge is -2.09. The maximum Gasteiger partial charge on any atom is 0.336 e. The van der Waals surface area contributed by atoms with Gasteiger partial charge >= 0.3 is 5.63 Å². The van der Waals surface area contributed by atoms with Crippen LogP contribution in [0.25, 0.3) is 22.4 Å². The average Bonchev–Trinajstić information content (AvgIpc) is 3.45. The minimum Gasteiger partial charge on any atom is -0.508 e. The Labute approximate surface area is 164 Å². The van der Waals surface area contributed by atoms with Crippen molar-refractivity contribution in [2.45, 2.75) is 29.8 Å². The van der Waals surface area contributed by atoms with Gasteiger partial charge < -0.3 is 9.52 Å². The molecule has 1 aliphatic carbocycles. The smallest absolute Gasteiger partial charge is 0.336 e. The second-order valence-electron chi connectivity index (χ2n) is 6.71. The zero-order valence-electron chi connectivity index (χ0n) is 14.8. The van der Waals surface area contributed by atoms with E-state index < -0.39 is 5.63 Å². The molecule has 1 aliphatic rings. The van der Waals surface area contributed by atoms with Crippen LogP contribution < -0.4 is 5.63 Å². The Morgan fingerprint density at radius 3 is 2.89 bits per heavy atom. The number of aromatic nitrogens is 4. The Kier molecular flexibility index (Phi) is 4.12. The molecule has 1 saturated carbocycles. The van der Waals surface area contributed by atoms with E-state index in [1.54, 1.807) is 24.5 Å². The van der Waals surface area contributed by atoms with Crippen LogP contribution in [0.2, 0.25) is 0 Å². The summed E-state index contributed by atoms with van der Waals surface area (Å²) in [6.45, 7) is 0. The Morgan fingerprint density at radius 1 is 1.21 bits per heavy atom. The Morgan fingerprint density at radius 2 is 2.11 bits per heavy atom. The predicted molar refractivity (Wildman–Crippen MR) is 105 cm³/mol. The molecule has 7 nitrogen and oxygen atoms in total. The van der Waals surface area contributed by atoms with Gasteiger partial charge in [-0.25, -0.2) is 4.79 Å². The van der Waals surface area contributed by atoms with Crippen molar-refractivity contribution in [2.75, 3.05) is 0 Å². The zero-order valence-corrected chi connectivity index (χ0v) is 15.6. The van der Waals surface area contributed by atoms with Crippen molar-refractivity contribution >= 4 is 22.7 Å². The van der Waals surface area contributed by atoms with Crippen LogP contribution in [0.4, 0.5) is 0 Å². The van der Waals surface area contributed by atoms with Crippen molar-refractivity contribution in [1.82, 2.24) is 19.7 Å². The Hall–Kier alpha value is -3.13. The van der Waals surface area contributed by atoms with E-state index in [1.807, 2.05) is 12.1 Å². The van der Waals surface area contributed by atoms with E-state index in [0.717, 1.165) is 40.3 Å². The number of rotatable bonds is 5. The van der Waals surface area contributed by atoms with Gasteiger partial charge in [0.05, 0.1) is 0 Å². The molecule has 0 saturated heterocycles. The minimum atomic E-state index is -0.437. The second kappa shape index (κ2) is 6.79. The van der Waals surface area contributed by atoms with Gasteiger partial charge in [-0.2, -0.15) is 0 Å². The summed E-state index contributed by atoms with van der Waals surface area (Å²) in [5.41, 5.74) is 1.72. The highest BCUT2D eigenvalue weighted by atomic mass is 32.2. The lowest BCUT2D eigenvalue weighted by molar-refractivity contribution is 0.473. The molecule has 3 heterocycles. The normalized spacial score (nSPS) is 13.9. The van der Waals surface area contributed by atoms with E-state index >= 15 is 0 Å². The third-order valence-corrected chi connectivity index (χ3v) is 5.66. The third-order valence-electron chi connectivity index (χ3n) is 4.67. The van der Waals surface area contributed by atoms with Crippen LogP contribution in [0.5, 0.6) is 5.75 Å². The van der Waals surface area contributed by atoms with Gasteiger partial charge in [0.15, 0.2) is 11.0 Å². The lowest BCUT2D eigenvalue weighted by atomic mass is 10.1. The molecule has 0 bridgehead atoms. The van der Waals surface area contributed by atoms with Crippen molar-refractivity contribution in [1.29, 1.82) is 0 Å². The number of phenolic OH excluding ortho intramolecular Hbond substituents is 1. The van der Waals surface area contributed by atoms with Crippen LogP contribution in [0.1, 0.15) is 24.4 Å². The highest BCUT2D eigenvalue weighted by Crippen LogP contribution is 2.41. The molecule has 140 valence electrons. The third kappa shape index (κ3) is 3.16. The van der Waals surface area contributed by atoms with Gasteiger partial charge in [-0.05, 0) is 42.7 Å². The van der Waals surface area contributed by atoms with Crippen LogP contribution in [0.15, 0.2) is 63.2 Å². The number of hydrogen-bond acceptors (Lipinski definition) is 7. The van der Waals surface area contributed by atoms with E-state index in [4.69, 9.17) is 4.42 Å². The summed E-state index contributed by atoms with van der Waals surface area (Å²) in [4.78, 5) is 16.1. The summed E-state index contributed by atoms with van der Waals surface area (Å²) in [5.74, 6) is 1.43. The standard InChI is InChI=1S/C20H16N4O3S/c25-15-5-6-16-13(8-18(26)27-17(16)9-15)11-28-20-23-22-19(24(20)14-3-4-14)12-2-1-7-21-10-12/h1-2,5-10,14,25H,3-4,11H2. The maximum atomic E-state index is 11.9. The summed E-state index contributed by atoms with van der Waals surface area (Å²) in [5, 5.41) is 20.0. The van der Waals surface area contributed by atoms with Crippen molar-refractivity contribution in [3.05, 3.63) is 64.8 Å². The largest absolute Gasteiger partial charge is 0.508 e. The molecule has 4 aromatic rings. The molecule has 28 heavy (non-hydrogen) atoms. The Bertz CT molecular complexity index is 1220. The number of aromatic hydroxyl groups is 1. The highest BCUT2D eigenvalue weighted by Gasteiger charge is 2.30. The minimum absolute atomic E-state index is 0.0649. The fourth-order valence-corrected chi connectivity index (χ4v) is 4.21. The first kappa shape index (κ1) is 17.0. The number of pyridine rings is 1. The quantitative estimate of drug-likeness (QED) is 0.408. The zero-order chi connectivity index (χ0) is 19.1. The molecule has 0 radical (unpaired) electrons. The number of benzene rings is 1. The Balaban J connectivity index is 1.49. The van der Waals surface area contributed by atoms with E-state index in [-0.39, 0.29) is 5.75 Å². The van der Waals surface area contributed by atoms with Gasteiger partial charge in [0.2, 0.25) is 0 Å². The summed E-state index contributed by atoms with van der Waals surface area (Å²) >= 11 is 1.54. The van der Waals surface area contributed by atoms with Gasteiger partial charge in [0.25, 0.3) is 0 Å². The number of fused-ring (bicyclic) bond motifs is 1. The molecule has 0 spiro atoms. The van der Waals surface area contributed by atoms with Gasteiger partial charge in [-0.3, -0.25) is 9.55 Å². The summed E-state index contributed by atoms with van der Waals surface area (Å²) in [7, 11) is 0. The number of hydrogen-bond donors (Lipinski definition) is 1. The molecular weight excluding hydrogens is 376 g/mol. The molecule has 3 aromatic heterocycles. The monoisotopic (exact) mass is 392 g/mol. The van der Waals surface area contributed by atoms with E-state index in [0.29, 0.717) is 17.4 Å². The summed E-state index contributed by atoms with van der Waals surface area (Å²) < 4.78 is 7.37. The number of thioether (sulfide) groups is 1. The van der Waals surface area contributed by atoms with E-state index in [1.165, 1.54) is 23.9 Å². The summed E-state index contributed by atoms with van der Waals surface area (Å²) in [6, 6.07) is 10.6. The molecule has 1 aromatic carbocycles. The fraction of sp³-hybridized carbons (Fsp3) is 0.200. The maximum absolute atomic E-state index is 11.9. The van der Waals surface area contributed by atoms with Crippen molar-refractivity contribution in [2.24, 2.45) is 0 Å². The van der Waals surface area contributed by atoms with Crippen LogP contribution in [0, 0.1) is 0 Å². The van der Waals surface area contributed by atoms with Gasteiger partial charge in [-0.15, -0.1) is 10.2 Å². The van der Waals surface area contributed by atoms with Gasteiger partial charge in [-0.1, -0.05) is 11.8 Å². The molecule has 0 aliphatic heterocycles. The van der Waals surface area contributed by atoms with Crippen molar-refractivity contribution in [3.8, 4) is 17.1 Å². The van der Waals surface area contributed by atoms with Gasteiger partial charge in [0.1, 0.15) is 11.3 Å². The SMILES string of the molecule is O=c1cc(CSc2nnc(-c3cccnc3)n2C2CC2)c2ccc(O)cc2o1. The van der Waals surface area contributed by atoms with Gasteiger partial charge in [0, 0.05) is 47.3 Å². The molecular formula is C20H16N4O3S. The van der Waals surface area contributed by atoms with Crippen LogP contribution >= 0.6 is 11.8 Å². The van der Waals surface area contributed by atoms with Crippen molar-refractivity contribution in [3.63, 3.8) is 0 Å². The van der Waals surface area contributed by atoms with E-state index in [2.05, 4.69) is 19.7 Å². The van der Waals surface area contributed by atoms with Crippen molar-refractivity contribution < 1.29 is 9.52 Å². The first-order valence-electron chi connectivity index (χ1n) is 8.93. The molecule has 0 atom stereocenters. The lowest BCUT2D eigenvalue weighted by Crippen LogP contribution is -2.02. The number of nitrogens with zero attached hydrogens (tertiary/aromatic N) is 4. The fourth-order valence-electron chi connectivity index (χ4n) is 3.21. The molecule has 0 amide bonds. The van der Waals surface area contributed by atoms with Crippen LogP contribution in [0.3, 0.4) is 0 Å². The summed E-state index contributed by atoms with van der Waals surface area (Å²) in [6.07, 6.45) is 5.74. The molecule has 1 N–H and O–H groups in total. The van der Waals surface area contributed by atoms with Crippen LogP contribution in [-0.2, 0) is 5.75 Å². The molecule has 0 unspecified atom stereocenters. The first-order chi connectivity index (χ1) is 13.7. The van der Waals surface area contributed by atoms with E-state index in [9.17, 15) is 9.90 Å². The molecule has 1 fully saturated rings. The van der Waals surface area contributed by atoms with Crippen LogP contribution in [-0.4, -0.2) is 24.9 Å². The second-order valence-corrected chi connectivity index (χ2v) is 7.65. The topological polar surface area (TPSA) is 94.0 Å². The molecule has 5 rings (SSSR count). The first-order valence-corrected chi connectivity index (χ1v) is 9.91. The highest BCUT2D eigenvalue weighted by molar-refractivity contribution is 7.98. The number of phenols is 1.